The maximum Gasteiger partial charge on any atom is 0.251 e. The molecular formula is C25H33N3O3. The van der Waals surface area contributed by atoms with E-state index in [1.54, 1.807) is 0 Å². The molecule has 0 unspecified atom stereocenters. The molecule has 0 radical (unpaired) electrons. The molecule has 1 saturated heterocycles. The minimum absolute atomic E-state index is 0.0565. The Morgan fingerprint density at radius 1 is 1.13 bits per heavy atom. The molecule has 2 heterocycles. The van der Waals surface area contributed by atoms with Crippen molar-refractivity contribution >= 4 is 11.6 Å². The molecule has 1 N–H and O–H groups in total. The lowest BCUT2D eigenvalue weighted by atomic mass is 9.95. The van der Waals surface area contributed by atoms with Crippen LogP contribution in [-0.4, -0.2) is 63.9 Å². The highest BCUT2D eigenvalue weighted by Crippen LogP contribution is 2.31. The summed E-state index contributed by atoms with van der Waals surface area (Å²) in [5.74, 6) is 0.725. The number of hydrogen-bond donors (Lipinski definition) is 1. The molecular weight excluding hydrogens is 390 g/mol. The number of anilines is 1. The Balaban J connectivity index is 1.50. The molecule has 4 rings (SSSR count). The van der Waals surface area contributed by atoms with Gasteiger partial charge < -0.3 is 19.7 Å². The van der Waals surface area contributed by atoms with E-state index in [1.165, 1.54) is 23.2 Å². The molecule has 0 saturated carbocycles. The highest BCUT2D eigenvalue weighted by Gasteiger charge is 2.25. The number of nitrogens with zero attached hydrogens (tertiary/aromatic N) is 2. The Morgan fingerprint density at radius 2 is 1.90 bits per heavy atom. The van der Waals surface area contributed by atoms with E-state index in [4.69, 9.17) is 9.47 Å². The number of benzene rings is 2. The van der Waals surface area contributed by atoms with Crippen LogP contribution in [0.25, 0.3) is 0 Å². The van der Waals surface area contributed by atoms with Gasteiger partial charge in [0.05, 0.1) is 25.9 Å². The van der Waals surface area contributed by atoms with Crippen LogP contribution in [-0.2, 0) is 11.2 Å². The molecule has 2 aliphatic heterocycles. The number of hydrogen-bond acceptors (Lipinski definition) is 5. The van der Waals surface area contributed by atoms with Crippen molar-refractivity contribution in [2.24, 2.45) is 0 Å². The van der Waals surface area contributed by atoms with Crippen LogP contribution < -0.4 is 15.0 Å². The van der Waals surface area contributed by atoms with Crippen molar-refractivity contribution in [3.8, 4) is 5.75 Å². The van der Waals surface area contributed by atoms with Crippen molar-refractivity contribution < 1.29 is 14.3 Å². The quantitative estimate of drug-likeness (QED) is 0.741. The largest absolute Gasteiger partial charge is 0.494 e. The van der Waals surface area contributed by atoms with Crippen LogP contribution >= 0.6 is 0 Å². The normalized spacial score (nSPS) is 17.7. The van der Waals surface area contributed by atoms with Gasteiger partial charge in [-0.1, -0.05) is 12.1 Å². The second-order valence-electron chi connectivity index (χ2n) is 8.24. The van der Waals surface area contributed by atoms with Crippen molar-refractivity contribution in [3.05, 3.63) is 59.2 Å². The summed E-state index contributed by atoms with van der Waals surface area (Å²) in [4.78, 5) is 17.6. The number of ether oxygens (including phenoxy) is 2. The van der Waals surface area contributed by atoms with Gasteiger partial charge in [-0.05, 0) is 61.2 Å². The number of fused-ring (bicyclic) bond motifs is 1. The van der Waals surface area contributed by atoms with Gasteiger partial charge in [0.2, 0.25) is 0 Å². The maximum absolute atomic E-state index is 12.8. The van der Waals surface area contributed by atoms with Gasteiger partial charge >= 0.3 is 0 Å². The predicted octanol–water partition coefficient (Wildman–Crippen LogP) is 3.27. The number of carbonyl (C=O) groups excluding carboxylic acids is 1. The fourth-order valence-corrected chi connectivity index (χ4v) is 4.52. The Labute approximate surface area is 185 Å². The van der Waals surface area contributed by atoms with Crippen LogP contribution in [0.1, 0.15) is 40.9 Å². The van der Waals surface area contributed by atoms with E-state index < -0.39 is 0 Å². The van der Waals surface area contributed by atoms with Gasteiger partial charge in [-0.15, -0.1) is 0 Å². The third kappa shape index (κ3) is 5.20. The van der Waals surface area contributed by atoms with Crippen LogP contribution in [0, 0.1) is 0 Å². The van der Waals surface area contributed by atoms with E-state index in [9.17, 15) is 4.79 Å². The molecule has 1 fully saturated rings. The molecule has 6 heteroatoms. The monoisotopic (exact) mass is 423 g/mol. The first-order valence-corrected chi connectivity index (χ1v) is 11.3. The van der Waals surface area contributed by atoms with Gasteiger partial charge in [-0.3, -0.25) is 9.69 Å². The predicted molar refractivity (Wildman–Crippen MR) is 123 cm³/mol. The summed E-state index contributed by atoms with van der Waals surface area (Å²) in [6.07, 6.45) is 2.30. The van der Waals surface area contributed by atoms with Gasteiger partial charge in [0.25, 0.3) is 5.91 Å². The molecule has 1 atom stereocenters. The summed E-state index contributed by atoms with van der Waals surface area (Å²) < 4.78 is 11.0. The Morgan fingerprint density at radius 3 is 2.65 bits per heavy atom. The van der Waals surface area contributed by atoms with Crippen LogP contribution in [0.15, 0.2) is 42.5 Å². The number of nitrogens with one attached hydrogen (secondary N) is 1. The molecule has 0 bridgehead atoms. The molecule has 0 aliphatic carbocycles. The molecule has 31 heavy (non-hydrogen) atoms. The third-order valence-corrected chi connectivity index (χ3v) is 6.21. The number of rotatable bonds is 7. The van der Waals surface area contributed by atoms with Gasteiger partial charge in [-0.2, -0.15) is 0 Å². The average Bonchev–Trinajstić information content (AvgIpc) is 2.80. The minimum atomic E-state index is -0.0565. The van der Waals surface area contributed by atoms with E-state index >= 15 is 0 Å². The van der Waals surface area contributed by atoms with Crippen molar-refractivity contribution in [3.63, 3.8) is 0 Å². The van der Waals surface area contributed by atoms with E-state index in [1.807, 2.05) is 31.2 Å². The van der Waals surface area contributed by atoms with E-state index in [2.05, 4.69) is 40.4 Å². The van der Waals surface area contributed by atoms with E-state index in [-0.39, 0.29) is 11.9 Å². The third-order valence-electron chi connectivity index (χ3n) is 6.21. The Bertz CT molecular complexity index is 878. The van der Waals surface area contributed by atoms with Crippen molar-refractivity contribution in [2.75, 3.05) is 57.9 Å². The van der Waals surface area contributed by atoms with Crippen LogP contribution in [0.4, 0.5) is 5.69 Å². The summed E-state index contributed by atoms with van der Waals surface area (Å²) >= 11 is 0. The molecule has 2 aromatic carbocycles. The van der Waals surface area contributed by atoms with Crippen LogP contribution in [0.5, 0.6) is 5.75 Å². The lowest BCUT2D eigenvalue weighted by Gasteiger charge is -2.36. The molecule has 166 valence electrons. The Hall–Kier alpha value is -2.57. The maximum atomic E-state index is 12.8. The minimum Gasteiger partial charge on any atom is -0.494 e. The summed E-state index contributed by atoms with van der Waals surface area (Å²) in [5.41, 5.74) is 4.65. The summed E-state index contributed by atoms with van der Waals surface area (Å²) in [6.45, 7) is 7.46. The van der Waals surface area contributed by atoms with Gasteiger partial charge in [0, 0.05) is 44.5 Å². The molecule has 2 aliphatic rings. The number of aryl methyl sites for hydroxylation is 1. The number of carbonyl (C=O) groups is 1. The van der Waals surface area contributed by atoms with Crippen molar-refractivity contribution in [1.29, 1.82) is 0 Å². The van der Waals surface area contributed by atoms with Gasteiger partial charge in [-0.25, -0.2) is 0 Å². The van der Waals surface area contributed by atoms with Crippen LogP contribution in [0.3, 0.4) is 0 Å². The topological polar surface area (TPSA) is 54.0 Å². The second kappa shape index (κ2) is 10.2. The smallest absolute Gasteiger partial charge is 0.251 e. The number of morpholine rings is 1. The van der Waals surface area contributed by atoms with Gasteiger partial charge in [0.15, 0.2) is 0 Å². The first kappa shape index (κ1) is 21.7. The zero-order valence-electron chi connectivity index (χ0n) is 18.6. The number of amides is 1. The van der Waals surface area contributed by atoms with E-state index in [0.29, 0.717) is 18.7 Å². The summed E-state index contributed by atoms with van der Waals surface area (Å²) in [7, 11) is 2.16. The molecule has 1 amide bonds. The average molecular weight is 424 g/mol. The van der Waals surface area contributed by atoms with Crippen LogP contribution in [0.2, 0.25) is 0 Å². The van der Waals surface area contributed by atoms with E-state index in [0.717, 1.165) is 45.0 Å². The second-order valence-corrected chi connectivity index (χ2v) is 8.24. The fourth-order valence-electron chi connectivity index (χ4n) is 4.52. The Kier molecular flexibility index (Phi) is 7.10. The molecule has 6 nitrogen and oxygen atoms in total. The lowest BCUT2D eigenvalue weighted by Crippen LogP contribution is -2.44. The fraction of sp³-hybridized carbons (Fsp3) is 0.480. The standard InChI is InChI=1S/C25H33N3O3/c1-3-31-22-9-6-19(7-10-22)25(29)26-18-24(28-13-15-30-16-14-28)21-8-11-23-20(17-21)5-4-12-27(23)2/h6-11,17,24H,3-5,12-16,18H2,1-2H3,(H,26,29)/t24-/m1/s1. The first-order chi connectivity index (χ1) is 15.2. The molecule has 2 aromatic rings. The van der Waals surface area contributed by atoms with Gasteiger partial charge in [0.1, 0.15) is 5.75 Å². The first-order valence-electron chi connectivity index (χ1n) is 11.3. The SMILES string of the molecule is CCOc1ccc(C(=O)NC[C@H](c2ccc3c(c2)CCCN3C)N2CCOCC2)cc1. The zero-order valence-corrected chi connectivity index (χ0v) is 18.6. The lowest BCUT2D eigenvalue weighted by molar-refractivity contribution is 0.0162. The molecule has 0 spiro atoms. The van der Waals surface area contributed by atoms with Crippen molar-refractivity contribution in [2.45, 2.75) is 25.8 Å². The highest BCUT2D eigenvalue weighted by molar-refractivity contribution is 5.94. The molecule has 0 aromatic heterocycles. The summed E-state index contributed by atoms with van der Waals surface area (Å²) in [6, 6.07) is 14.3. The zero-order chi connectivity index (χ0) is 21.6. The highest BCUT2D eigenvalue weighted by atomic mass is 16.5. The summed E-state index contributed by atoms with van der Waals surface area (Å²) in [5, 5.41) is 3.16. The van der Waals surface area contributed by atoms with Crippen molar-refractivity contribution in [1.82, 2.24) is 10.2 Å².